The number of carbonyl (C=O) groups is 1. The zero-order valence-corrected chi connectivity index (χ0v) is 17.1. The maximum Gasteiger partial charge on any atom is 0.243 e. The van der Waals surface area contributed by atoms with E-state index < -0.39 is 39.3 Å². The predicted molar refractivity (Wildman–Crippen MR) is 106 cm³/mol. The monoisotopic (exact) mass is 455 g/mol. The summed E-state index contributed by atoms with van der Waals surface area (Å²) in [6.45, 7) is 0.203. The molecule has 30 heavy (non-hydrogen) atoms. The standard InChI is InChI=1S/C19H16F3N3O3S2/c20-12-3-5-14(6-4-12)30(27,28)25-7-1-2-11(10-25)18(26)24-19-23-17-15(22)8-13(21)9-16(17)29-19/h3-6,8-9,11H,1-2,7,10H2,(H,23,24,26). The summed E-state index contributed by atoms with van der Waals surface area (Å²) >= 11 is 0.932. The Kier molecular flexibility index (Phi) is 5.51. The van der Waals surface area contributed by atoms with Crippen LogP contribution < -0.4 is 5.32 Å². The van der Waals surface area contributed by atoms with Crippen molar-refractivity contribution in [3.05, 3.63) is 53.8 Å². The van der Waals surface area contributed by atoms with Gasteiger partial charge in [-0.05, 0) is 43.2 Å². The Morgan fingerprint density at radius 1 is 1.13 bits per heavy atom. The van der Waals surface area contributed by atoms with E-state index in [4.69, 9.17) is 0 Å². The van der Waals surface area contributed by atoms with E-state index in [1.807, 2.05) is 0 Å². The van der Waals surface area contributed by atoms with Crippen molar-refractivity contribution in [3.63, 3.8) is 0 Å². The molecule has 2 heterocycles. The first-order chi connectivity index (χ1) is 14.2. The molecule has 2 aromatic carbocycles. The van der Waals surface area contributed by atoms with Gasteiger partial charge in [0.15, 0.2) is 10.9 Å². The number of thiazole rings is 1. The summed E-state index contributed by atoms with van der Waals surface area (Å²) < 4.78 is 67.3. The summed E-state index contributed by atoms with van der Waals surface area (Å²) in [6.07, 6.45) is 0.938. The molecule has 0 saturated carbocycles. The van der Waals surface area contributed by atoms with E-state index in [9.17, 15) is 26.4 Å². The number of hydrogen-bond acceptors (Lipinski definition) is 5. The highest BCUT2D eigenvalue weighted by atomic mass is 32.2. The molecular weight excluding hydrogens is 439 g/mol. The highest BCUT2D eigenvalue weighted by Crippen LogP contribution is 2.30. The van der Waals surface area contributed by atoms with Crippen LogP contribution in [-0.4, -0.2) is 36.7 Å². The van der Waals surface area contributed by atoms with Gasteiger partial charge < -0.3 is 5.32 Å². The number of nitrogens with zero attached hydrogens (tertiary/aromatic N) is 2. The zero-order chi connectivity index (χ0) is 21.5. The second kappa shape index (κ2) is 7.97. The third kappa shape index (κ3) is 4.05. The minimum Gasteiger partial charge on any atom is -0.302 e. The first kappa shape index (κ1) is 20.8. The van der Waals surface area contributed by atoms with E-state index in [2.05, 4.69) is 10.3 Å². The number of rotatable bonds is 4. The molecule has 1 saturated heterocycles. The van der Waals surface area contributed by atoms with Crippen molar-refractivity contribution >= 4 is 42.6 Å². The van der Waals surface area contributed by atoms with Crippen LogP contribution in [0.1, 0.15) is 12.8 Å². The van der Waals surface area contributed by atoms with Gasteiger partial charge in [0, 0.05) is 19.2 Å². The molecule has 158 valence electrons. The molecule has 1 amide bonds. The van der Waals surface area contributed by atoms with Gasteiger partial charge in [-0.1, -0.05) is 11.3 Å². The maximum absolute atomic E-state index is 13.8. The molecule has 1 aromatic heterocycles. The summed E-state index contributed by atoms with van der Waals surface area (Å²) in [5.41, 5.74) is -0.0409. The largest absolute Gasteiger partial charge is 0.302 e. The van der Waals surface area contributed by atoms with Crippen molar-refractivity contribution in [1.82, 2.24) is 9.29 Å². The molecular formula is C19H16F3N3O3S2. The molecule has 1 aliphatic rings. The number of amides is 1. The van der Waals surface area contributed by atoms with E-state index in [0.717, 1.165) is 29.5 Å². The lowest BCUT2D eigenvalue weighted by atomic mass is 9.99. The van der Waals surface area contributed by atoms with E-state index in [1.165, 1.54) is 16.4 Å². The van der Waals surface area contributed by atoms with Crippen molar-refractivity contribution in [1.29, 1.82) is 0 Å². The molecule has 4 rings (SSSR count). The topological polar surface area (TPSA) is 79.4 Å². The Morgan fingerprint density at radius 2 is 1.87 bits per heavy atom. The Bertz CT molecular complexity index is 1210. The molecule has 1 N–H and O–H groups in total. The molecule has 0 spiro atoms. The number of fused-ring (bicyclic) bond motifs is 1. The maximum atomic E-state index is 13.8. The lowest BCUT2D eigenvalue weighted by Gasteiger charge is -2.31. The van der Waals surface area contributed by atoms with Crippen molar-refractivity contribution < 1.29 is 26.4 Å². The Hall–Kier alpha value is -2.50. The van der Waals surface area contributed by atoms with Gasteiger partial charge in [-0.2, -0.15) is 4.31 Å². The van der Waals surface area contributed by atoms with Crippen molar-refractivity contribution in [2.75, 3.05) is 18.4 Å². The number of anilines is 1. The van der Waals surface area contributed by atoms with Gasteiger partial charge in [0.25, 0.3) is 0 Å². The minimum absolute atomic E-state index is 0.0409. The molecule has 0 radical (unpaired) electrons. The third-order valence-electron chi connectivity index (χ3n) is 4.85. The van der Waals surface area contributed by atoms with E-state index >= 15 is 0 Å². The fourth-order valence-electron chi connectivity index (χ4n) is 3.35. The van der Waals surface area contributed by atoms with Gasteiger partial charge in [0.2, 0.25) is 15.9 Å². The van der Waals surface area contributed by atoms with Crippen molar-refractivity contribution in [2.45, 2.75) is 17.7 Å². The summed E-state index contributed by atoms with van der Waals surface area (Å²) in [5, 5.41) is 2.68. The lowest BCUT2D eigenvalue weighted by molar-refractivity contribution is -0.120. The summed E-state index contributed by atoms with van der Waals surface area (Å²) in [5.74, 6) is -3.19. The Balaban J connectivity index is 1.50. The van der Waals surface area contributed by atoms with Gasteiger partial charge in [-0.3, -0.25) is 4.79 Å². The van der Waals surface area contributed by atoms with Crippen LogP contribution in [0.4, 0.5) is 18.3 Å². The molecule has 6 nitrogen and oxygen atoms in total. The van der Waals surface area contributed by atoms with Crippen LogP contribution in [0.3, 0.4) is 0 Å². The number of benzene rings is 2. The van der Waals surface area contributed by atoms with Gasteiger partial charge in [-0.25, -0.2) is 26.6 Å². The number of piperidine rings is 1. The van der Waals surface area contributed by atoms with Crippen LogP contribution in [0.2, 0.25) is 0 Å². The highest BCUT2D eigenvalue weighted by Gasteiger charge is 2.33. The number of halogens is 3. The average Bonchev–Trinajstić information content (AvgIpc) is 3.11. The second-order valence-electron chi connectivity index (χ2n) is 6.90. The normalized spacial score (nSPS) is 17.9. The average molecular weight is 455 g/mol. The predicted octanol–water partition coefficient (Wildman–Crippen LogP) is 3.75. The molecule has 1 fully saturated rings. The SMILES string of the molecule is O=C(Nc1nc2c(F)cc(F)cc2s1)C1CCCN(S(=O)(=O)c2ccc(F)cc2)C1. The highest BCUT2D eigenvalue weighted by molar-refractivity contribution is 7.89. The van der Waals surface area contributed by atoms with Crippen LogP contribution in [0.15, 0.2) is 41.3 Å². The lowest BCUT2D eigenvalue weighted by Crippen LogP contribution is -2.43. The molecule has 0 bridgehead atoms. The van der Waals surface area contributed by atoms with Gasteiger partial charge in [0.05, 0.1) is 15.5 Å². The number of sulfonamides is 1. The van der Waals surface area contributed by atoms with Crippen LogP contribution in [0.25, 0.3) is 10.2 Å². The second-order valence-corrected chi connectivity index (χ2v) is 9.87. The van der Waals surface area contributed by atoms with Crippen LogP contribution in [-0.2, 0) is 14.8 Å². The first-order valence-corrected chi connectivity index (χ1v) is 11.3. The molecule has 3 aromatic rings. The van der Waals surface area contributed by atoms with E-state index in [-0.39, 0.29) is 33.3 Å². The number of aromatic nitrogens is 1. The quantitative estimate of drug-likeness (QED) is 0.650. The number of hydrogen-bond donors (Lipinski definition) is 1. The molecule has 1 atom stereocenters. The molecule has 0 aliphatic carbocycles. The molecule has 1 aliphatic heterocycles. The fraction of sp³-hybridized carbons (Fsp3) is 0.263. The first-order valence-electron chi connectivity index (χ1n) is 9.06. The van der Waals surface area contributed by atoms with Gasteiger partial charge in [-0.15, -0.1) is 0 Å². The summed E-state index contributed by atoms with van der Waals surface area (Å²) in [7, 11) is -3.87. The third-order valence-corrected chi connectivity index (χ3v) is 7.65. The summed E-state index contributed by atoms with van der Waals surface area (Å²) in [6, 6.07) is 6.34. The van der Waals surface area contributed by atoms with E-state index in [0.29, 0.717) is 18.9 Å². The molecule has 11 heteroatoms. The Labute approximate surface area is 174 Å². The van der Waals surface area contributed by atoms with Gasteiger partial charge >= 0.3 is 0 Å². The molecule has 1 unspecified atom stereocenters. The Morgan fingerprint density at radius 3 is 2.60 bits per heavy atom. The van der Waals surface area contributed by atoms with Crippen LogP contribution in [0.5, 0.6) is 0 Å². The van der Waals surface area contributed by atoms with Gasteiger partial charge in [0.1, 0.15) is 17.2 Å². The minimum atomic E-state index is -3.87. The number of nitrogens with one attached hydrogen (secondary N) is 1. The number of carbonyl (C=O) groups excluding carboxylic acids is 1. The smallest absolute Gasteiger partial charge is 0.243 e. The fourth-order valence-corrected chi connectivity index (χ4v) is 5.78. The van der Waals surface area contributed by atoms with Crippen molar-refractivity contribution in [2.24, 2.45) is 5.92 Å². The summed E-state index contributed by atoms with van der Waals surface area (Å²) in [4.78, 5) is 16.6. The zero-order valence-electron chi connectivity index (χ0n) is 15.4. The van der Waals surface area contributed by atoms with Crippen molar-refractivity contribution in [3.8, 4) is 0 Å². The van der Waals surface area contributed by atoms with Crippen LogP contribution in [0, 0.1) is 23.4 Å². The van der Waals surface area contributed by atoms with E-state index in [1.54, 1.807) is 0 Å². The van der Waals surface area contributed by atoms with Crippen LogP contribution >= 0.6 is 11.3 Å².